The van der Waals surface area contributed by atoms with Gasteiger partial charge < -0.3 is 9.84 Å². The van der Waals surface area contributed by atoms with Gasteiger partial charge in [0.05, 0.1) is 12.2 Å². The maximum absolute atomic E-state index is 13.6. The van der Waals surface area contributed by atoms with E-state index in [1.807, 2.05) is 13.8 Å². The van der Waals surface area contributed by atoms with E-state index >= 15 is 0 Å². The Balaban J connectivity index is 2.71. The number of ether oxygens (including phenoxy) is 1. The summed E-state index contributed by atoms with van der Waals surface area (Å²) in [5, 5.41) is 10.1. The molecule has 0 bridgehead atoms. The van der Waals surface area contributed by atoms with E-state index in [2.05, 4.69) is 15.9 Å². The van der Waals surface area contributed by atoms with Crippen molar-refractivity contribution in [3.63, 3.8) is 0 Å². The van der Waals surface area contributed by atoms with Crippen molar-refractivity contribution in [2.45, 2.75) is 45.3 Å². The summed E-state index contributed by atoms with van der Waals surface area (Å²) in [7, 11) is 0. The fourth-order valence-corrected chi connectivity index (χ4v) is 2.35. The molecule has 0 aliphatic carbocycles. The van der Waals surface area contributed by atoms with Crippen LogP contribution in [-0.4, -0.2) is 23.9 Å². The average Bonchev–Trinajstić information content (AvgIpc) is 2.33. The van der Waals surface area contributed by atoms with Gasteiger partial charge in [0.2, 0.25) is 0 Å². The fourth-order valence-electron chi connectivity index (χ4n) is 1.94. The number of benzene rings is 1. The normalized spacial score (nSPS) is 14.5. The average molecular weight is 319 g/mol. The smallest absolute Gasteiger partial charge is 0.126 e. The zero-order valence-corrected chi connectivity index (χ0v) is 12.4. The molecule has 2 atom stereocenters. The summed E-state index contributed by atoms with van der Waals surface area (Å²) in [4.78, 5) is 0. The Hall–Kier alpha value is -0.450. The molecule has 1 aromatic carbocycles. The summed E-state index contributed by atoms with van der Waals surface area (Å²) >= 11 is 3.31. The van der Waals surface area contributed by atoms with Crippen LogP contribution in [0.2, 0.25) is 0 Å². The molecule has 1 rings (SSSR count). The summed E-state index contributed by atoms with van der Waals surface area (Å²) < 4.78 is 19.9. The number of aliphatic hydroxyl groups is 1. The Morgan fingerprint density at radius 2 is 2.11 bits per heavy atom. The first kappa shape index (κ1) is 15.6. The Morgan fingerprint density at radius 1 is 1.39 bits per heavy atom. The van der Waals surface area contributed by atoms with Gasteiger partial charge in [-0.3, -0.25) is 0 Å². The lowest BCUT2D eigenvalue weighted by molar-refractivity contribution is -0.0366. The van der Waals surface area contributed by atoms with Crippen LogP contribution in [-0.2, 0) is 11.2 Å². The van der Waals surface area contributed by atoms with Crippen LogP contribution in [0.5, 0.6) is 0 Å². The summed E-state index contributed by atoms with van der Waals surface area (Å²) in [5.74, 6) is -0.288. The second kappa shape index (κ2) is 7.87. The minimum absolute atomic E-state index is 0.224. The first-order chi connectivity index (χ1) is 8.58. The van der Waals surface area contributed by atoms with Gasteiger partial charge in [-0.05, 0) is 37.1 Å². The van der Waals surface area contributed by atoms with Crippen molar-refractivity contribution in [2.75, 3.05) is 6.61 Å². The molecule has 0 spiro atoms. The maximum Gasteiger partial charge on any atom is 0.126 e. The molecule has 0 radical (unpaired) electrons. The lowest BCUT2D eigenvalue weighted by Gasteiger charge is -2.22. The van der Waals surface area contributed by atoms with Crippen molar-refractivity contribution < 1.29 is 14.2 Å². The largest absolute Gasteiger partial charge is 0.390 e. The van der Waals surface area contributed by atoms with E-state index in [9.17, 15) is 9.50 Å². The van der Waals surface area contributed by atoms with Crippen molar-refractivity contribution in [1.29, 1.82) is 0 Å². The van der Waals surface area contributed by atoms with Crippen LogP contribution in [0, 0.1) is 5.82 Å². The monoisotopic (exact) mass is 318 g/mol. The summed E-state index contributed by atoms with van der Waals surface area (Å²) in [6, 6.07) is 4.76. The van der Waals surface area contributed by atoms with E-state index in [0.29, 0.717) is 12.2 Å². The van der Waals surface area contributed by atoms with Gasteiger partial charge in [0.1, 0.15) is 5.82 Å². The Labute approximate surface area is 116 Å². The van der Waals surface area contributed by atoms with Crippen LogP contribution in [0.1, 0.15) is 32.3 Å². The van der Waals surface area contributed by atoms with E-state index in [4.69, 9.17) is 4.74 Å². The lowest BCUT2D eigenvalue weighted by Crippen LogP contribution is -2.31. The van der Waals surface area contributed by atoms with E-state index in [0.717, 1.165) is 17.3 Å². The third kappa shape index (κ3) is 4.67. The zero-order chi connectivity index (χ0) is 13.5. The maximum atomic E-state index is 13.6. The number of hydrogen-bond acceptors (Lipinski definition) is 2. The van der Waals surface area contributed by atoms with E-state index in [1.54, 1.807) is 12.1 Å². The third-order valence-corrected chi connectivity index (χ3v) is 3.31. The van der Waals surface area contributed by atoms with Gasteiger partial charge in [-0.25, -0.2) is 4.39 Å². The lowest BCUT2D eigenvalue weighted by atomic mass is 10.0. The van der Waals surface area contributed by atoms with Crippen LogP contribution in [0.3, 0.4) is 0 Å². The van der Waals surface area contributed by atoms with Crippen molar-refractivity contribution in [2.24, 2.45) is 0 Å². The topological polar surface area (TPSA) is 29.5 Å². The Bertz CT molecular complexity index is 365. The summed E-state index contributed by atoms with van der Waals surface area (Å²) in [6.45, 7) is 4.50. The minimum Gasteiger partial charge on any atom is -0.390 e. The number of halogens is 2. The number of aliphatic hydroxyl groups excluding tert-OH is 1. The standard InChI is InChI=1S/C14H20BrFO2/c1-3-5-14(18-4-2)13(17)9-10-8-11(15)6-7-12(10)16/h6-8,13-14,17H,3-5,9H2,1-2H3. The summed E-state index contributed by atoms with van der Waals surface area (Å²) in [5.41, 5.74) is 0.512. The summed E-state index contributed by atoms with van der Waals surface area (Å²) in [6.07, 6.45) is 1.09. The van der Waals surface area contributed by atoms with Crippen LogP contribution in [0.4, 0.5) is 4.39 Å². The second-order valence-corrected chi connectivity index (χ2v) is 5.21. The van der Waals surface area contributed by atoms with Crippen LogP contribution in [0.25, 0.3) is 0 Å². The van der Waals surface area contributed by atoms with Gasteiger partial charge in [-0.1, -0.05) is 29.3 Å². The second-order valence-electron chi connectivity index (χ2n) is 4.29. The zero-order valence-electron chi connectivity index (χ0n) is 10.8. The van der Waals surface area contributed by atoms with Crippen molar-refractivity contribution >= 4 is 15.9 Å². The van der Waals surface area contributed by atoms with Crippen molar-refractivity contribution in [3.8, 4) is 0 Å². The molecule has 102 valence electrons. The Morgan fingerprint density at radius 3 is 2.72 bits per heavy atom. The highest BCUT2D eigenvalue weighted by molar-refractivity contribution is 9.10. The van der Waals surface area contributed by atoms with Crippen molar-refractivity contribution in [3.05, 3.63) is 34.1 Å². The highest BCUT2D eigenvalue weighted by atomic mass is 79.9. The SMILES string of the molecule is CCCC(OCC)C(O)Cc1cc(Br)ccc1F. The first-order valence-corrected chi connectivity index (χ1v) is 7.11. The van der Waals surface area contributed by atoms with E-state index < -0.39 is 6.10 Å². The van der Waals surface area contributed by atoms with Crippen LogP contribution in [0.15, 0.2) is 22.7 Å². The molecular formula is C14H20BrFO2. The molecule has 2 unspecified atom stereocenters. The van der Waals surface area contributed by atoms with Gasteiger partial charge in [-0.2, -0.15) is 0 Å². The highest BCUT2D eigenvalue weighted by Crippen LogP contribution is 2.19. The minimum atomic E-state index is -0.673. The van der Waals surface area contributed by atoms with Crippen LogP contribution >= 0.6 is 15.9 Å². The van der Waals surface area contributed by atoms with Gasteiger partial charge >= 0.3 is 0 Å². The molecule has 0 aliphatic rings. The molecule has 0 aromatic heterocycles. The molecule has 0 saturated heterocycles. The highest BCUT2D eigenvalue weighted by Gasteiger charge is 2.20. The number of rotatable bonds is 7. The molecule has 0 fully saturated rings. The predicted molar refractivity (Wildman–Crippen MR) is 74.1 cm³/mol. The molecule has 4 heteroatoms. The molecule has 2 nitrogen and oxygen atoms in total. The molecule has 1 aromatic rings. The molecule has 0 amide bonds. The quantitative estimate of drug-likeness (QED) is 0.830. The van der Waals surface area contributed by atoms with E-state index in [-0.39, 0.29) is 18.3 Å². The first-order valence-electron chi connectivity index (χ1n) is 6.32. The molecule has 0 heterocycles. The van der Waals surface area contributed by atoms with Crippen LogP contribution < -0.4 is 0 Å². The van der Waals surface area contributed by atoms with Gasteiger partial charge in [-0.15, -0.1) is 0 Å². The van der Waals surface area contributed by atoms with Gasteiger partial charge in [0.15, 0.2) is 0 Å². The van der Waals surface area contributed by atoms with Gasteiger partial charge in [0.25, 0.3) is 0 Å². The molecular weight excluding hydrogens is 299 g/mol. The molecule has 0 aliphatic heterocycles. The fraction of sp³-hybridized carbons (Fsp3) is 0.571. The van der Waals surface area contributed by atoms with Crippen molar-refractivity contribution in [1.82, 2.24) is 0 Å². The molecule has 18 heavy (non-hydrogen) atoms. The number of hydrogen-bond donors (Lipinski definition) is 1. The van der Waals surface area contributed by atoms with Gasteiger partial charge in [0, 0.05) is 17.5 Å². The molecule has 0 saturated carbocycles. The predicted octanol–water partition coefficient (Wildman–Crippen LogP) is 3.70. The van der Waals surface area contributed by atoms with E-state index in [1.165, 1.54) is 6.07 Å². The Kier molecular flexibility index (Phi) is 6.82. The molecule has 1 N–H and O–H groups in total. The third-order valence-electron chi connectivity index (χ3n) is 2.82.